The summed E-state index contributed by atoms with van der Waals surface area (Å²) in [5.74, 6) is 0.884. The van der Waals surface area contributed by atoms with Gasteiger partial charge in [-0.1, -0.05) is 0 Å². The number of hydrogen-bond donors (Lipinski definition) is 1. The Morgan fingerprint density at radius 2 is 2.50 bits per heavy atom. The molecule has 0 aromatic carbocycles. The molecule has 1 fully saturated rings. The van der Waals surface area contributed by atoms with Crippen LogP contribution in [0.15, 0.2) is 21.2 Å². The first-order valence-corrected chi connectivity index (χ1v) is 5.29. The first-order valence-electron chi connectivity index (χ1n) is 4.50. The Bertz CT molecular complexity index is 350. The SMILES string of the molecule is CCN1C(=O)CNC1c1ccc(Br)o1. The summed E-state index contributed by atoms with van der Waals surface area (Å²) >= 11 is 3.24. The molecule has 2 heterocycles. The highest BCUT2D eigenvalue weighted by molar-refractivity contribution is 9.10. The van der Waals surface area contributed by atoms with Gasteiger partial charge in [0, 0.05) is 6.54 Å². The number of amides is 1. The molecule has 2 rings (SSSR count). The van der Waals surface area contributed by atoms with Crippen LogP contribution in [0.25, 0.3) is 0 Å². The molecular formula is C9H11BrN2O2. The second kappa shape index (κ2) is 3.74. The van der Waals surface area contributed by atoms with Crippen LogP contribution >= 0.6 is 15.9 Å². The van der Waals surface area contributed by atoms with E-state index in [2.05, 4.69) is 21.2 Å². The van der Waals surface area contributed by atoms with Crippen molar-refractivity contribution in [3.63, 3.8) is 0 Å². The summed E-state index contributed by atoms with van der Waals surface area (Å²) in [6.07, 6.45) is -0.112. The highest BCUT2D eigenvalue weighted by Crippen LogP contribution is 2.25. The standard InChI is InChI=1S/C9H11BrN2O2/c1-2-12-8(13)5-11-9(12)6-3-4-7(10)14-6/h3-4,9,11H,2,5H2,1H3. The van der Waals surface area contributed by atoms with Gasteiger partial charge in [-0.25, -0.2) is 0 Å². The van der Waals surface area contributed by atoms with Crippen LogP contribution in [0.2, 0.25) is 0 Å². The normalized spacial score (nSPS) is 22.0. The molecule has 1 aliphatic rings. The molecule has 0 spiro atoms. The van der Waals surface area contributed by atoms with E-state index >= 15 is 0 Å². The number of halogens is 1. The number of carbonyl (C=O) groups excluding carboxylic acids is 1. The number of rotatable bonds is 2. The Hall–Kier alpha value is -0.810. The number of likely N-dealkylation sites (N-methyl/N-ethyl adjacent to an activating group) is 1. The Balaban J connectivity index is 2.22. The molecule has 1 aliphatic heterocycles. The maximum absolute atomic E-state index is 11.4. The van der Waals surface area contributed by atoms with E-state index in [1.54, 1.807) is 4.90 Å². The highest BCUT2D eigenvalue weighted by Gasteiger charge is 2.32. The number of nitrogens with zero attached hydrogens (tertiary/aromatic N) is 1. The van der Waals surface area contributed by atoms with E-state index < -0.39 is 0 Å². The molecule has 76 valence electrons. The fourth-order valence-corrected chi connectivity index (χ4v) is 1.95. The van der Waals surface area contributed by atoms with Crippen LogP contribution in [0.4, 0.5) is 0 Å². The van der Waals surface area contributed by atoms with E-state index in [9.17, 15) is 4.79 Å². The average molecular weight is 259 g/mol. The zero-order valence-corrected chi connectivity index (χ0v) is 9.37. The Labute approximate surface area is 90.4 Å². The second-order valence-corrected chi connectivity index (χ2v) is 3.89. The molecule has 1 aromatic rings. The molecule has 0 radical (unpaired) electrons. The summed E-state index contributed by atoms with van der Waals surface area (Å²) < 4.78 is 6.09. The zero-order valence-electron chi connectivity index (χ0n) is 7.79. The number of hydrogen-bond acceptors (Lipinski definition) is 3. The minimum atomic E-state index is -0.112. The van der Waals surface area contributed by atoms with E-state index in [1.165, 1.54) is 0 Å². The minimum absolute atomic E-state index is 0.112. The predicted molar refractivity (Wildman–Crippen MR) is 54.5 cm³/mol. The maximum atomic E-state index is 11.4. The molecule has 14 heavy (non-hydrogen) atoms. The third kappa shape index (κ3) is 1.57. The van der Waals surface area contributed by atoms with Gasteiger partial charge >= 0.3 is 0 Å². The topological polar surface area (TPSA) is 45.5 Å². The van der Waals surface area contributed by atoms with E-state index in [1.807, 2.05) is 19.1 Å². The smallest absolute Gasteiger partial charge is 0.238 e. The van der Waals surface area contributed by atoms with Crippen molar-refractivity contribution in [1.29, 1.82) is 0 Å². The van der Waals surface area contributed by atoms with Crippen molar-refractivity contribution in [2.75, 3.05) is 13.1 Å². The highest BCUT2D eigenvalue weighted by atomic mass is 79.9. The van der Waals surface area contributed by atoms with Crippen molar-refractivity contribution in [3.05, 3.63) is 22.6 Å². The molecule has 1 amide bonds. The third-order valence-electron chi connectivity index (χ3n) is 2.28. The first-order chi connectivity index (χ1) is 6.72. The molecule has 0 aliphatic carbocycles. The van der Waals surface area contributed by atoms with Crippen LogP contribution < -0.4 is 5.32 Å². The lowest BCUT2D eigenvalue weighted by atomic mass is 10.3. The average Bonchev–Trinajstić information content (AvgIpc) is 2.71. The van der Waals surface area contributed by atoms with Gasteiger partial charge in [0.15, 0.2) is 4.67 Å². The van der Waals surface area contributed by atoms with Crippen LogP contribution in [0.1, 0.15) is 18.8 Å². The summed E-state index contributed by atoms with van der Waals surface area (Å²) in [7, 11) is 0. The van der Waals surface area contributed by atoms with Gasteiger partial charge in [-0.2, -0.15) is 0 Å². The fourth-order valence-electron chi connectivity index (χ4n) is 1.63. The van der Waals surface area contributed by atoms with Gasteiger partial charge in [0.05, 0.1) is 6.54 Å². The fraction of sp³-hybridized carbons (Fsp3) is 0.444. The summed E-state index contributed by atoms with van der Waals surface area (Å²) in [4.78, 5) is 13.2. The number of nitrogens with one attached hydrogen (secondary N) is 1. The van der Waals surface area contributed by atoms with Gasteiger partial charge in [-0.05, 0) is 35.0 Å². The quantitative estimate of drug-likeness (QED) is 0.875. The van der Waals surface area contributed by atoms with Crippen molar-refractivity contribution in [3.8, 4) is 0 Å². The summed E-state index contributed by atoms with van der Waals surface area (Å²) in [5.41, 5.74) is 0. The molecule has 1 aromatic heterocycles. The number of furan rings is 1. The largest absolute Gasteiger partial charge is 0.451 e. The van der Waals surface area contributed by atoms with Crippen molar-refractivity contribution in [2.45, 2.75) is 13.1 Å². The van der Waals surface area contributed by atoms with Gasteiger partial charge in [0.25, 0.3) is 0 Å². The van der Waals surface area contributed by atoms with Crippen molar-refractivity contribution in [1.82, 2.24) is 10.2 Å². The lowest BCUT2D eigenvalue weighted by Crippen LogP contribution is -2.29. The van der Waals surface area contributed by atoms with Crippen LogP contribution in [-0.4, -0.2) is 23.9 Å². The van der Waals surface area contributed by atoms with E-state index in [0.717, 1.165) is 5.76 Å². The lowest BCUT2D eigenvalue weighted by Gasteiger charge is -2.20. The zero-order chi connectivity index (χ0) is 10.1. The molecule has 4 nitrogen and oxygen atoms in total. The molecule has 5 heteroatoms. The van der Waals surface area contributed by atoms with Gasteiger partial charge in [0.1, 0.15) is 11.9 Å². The van der Waals surface area contributed by atoms with Gasteiger partial charge in [0.2, 0.25) is 5.91 Å². The Morgan fingerprint density at radius 1 is 1.71 bits per heavy atom. The van der Waals surface area contributed by atoms with E-state index in [4.69, 9.17) is 4.42 Å². The second-order valence-electron chi connectivity index (χ2n) is 3.11. The minimum Gasteiger partial charge on any atom is -0.451 e. The lowest BCUT2D eigenvalue weighted by molar-refractivity contribution is -0.128. The molecule has 0 saturated carbocycles. The van der Waals surface area contributed by atoms with Crippen molar-refractivity contribution < 1.29 is 9.21 Å². The van der Waals surface area contributed by atoms with Gasteiger partial charge < -0.3 is 9.32 Å². The maximum Gasteiger partial charge on any atom is 0.238 e. The summed E-state index contributed by atoms with van der Waals surface area (Å²) in [5, 5.41) is 3.10. The molecule has 1 unspecified atom stereocenters. The molecule has 1 saturated heterocycles. The van der Waals surface area contributed by atoms with Gasteiger partial charge in [-0.3, -0.25) is 10.1 Å². The molecule has 1 N–H and O–H groups in total. The van der Waals surface area contributed by atoms with E-state index in [0.29, 0.717) is 17.8 Å². The first kappa shape index (κ1) is 9.73. The molecule has 1 atom stereocenters. The monoisotopic (exact) mass is 258 g/mol. The van der Waals surface area contributed by atoms with E-state index in [-0.39, 0.29) is 12.1 Å². The van der Waals surface area contributed by atoms with Crippen LogP contribution in [-0.2, 0) is 4.79 Å². The summed E-state index contributed by atoms with van der Waals surface area (Å²) in [6.45, 7) is 3.03. The van der Waals surface area contributed by atoms with Crippen LogP contribution in [0.3, 0.4) is 0 Å². The molecule has 0 bridgehead atoms. The van der Waals surface area contributed by atoms with Crippen molar-refractivity contribution >= 4 is 21.8 Å². The van der Waals surface area contributed by atoms with Crippen molar-refractivity contribution in [2.24, 2.45) is 0 Å². The molecular weight excluding hydrogens is 248 g/mol. The summed E-state index contributed by atoms with van der Waals surface area (Å²) in [6, 6.07) is 3.69. The Morgan fingerprint density at radius 3 is 3.07 bits per heavy atom. The number of carbonyl (C=O) groups is 1. The van der Waals surface area contributed by atoms with Gasteiger partial charge in [-0.15, -0.1) is 0 Å². The van der Waals surface area contributed by atoms with Crippen LogP contribution in [0.5, 0.6) is 0 Å². The Kier molecular flexibility index (Phi) is 2.60. The predicted octanol–water partition coefficient (Wildman–Crippen LogP) is 1.49. The third-order valence-corrected chi connectivity index (χ3v) is 2.71. The van der Waals surface area contributed by atoms with Crippen LogP contribution in [0, 0.1) is 0 Å².